The number of ether oxygens (including phenoxy) is 2. The monoisotopic (exact) mass is 500 g/mol. The molecule has 0 aliphatic carbocycles. The number of unbranched alkanes of at least 4 members (excludes halogenated alkanes) is 7. The van der Waals surface area contributed by atoms with Crippen LogP contribution in [-0.4, -0.2) is 29.6 Å². The molecule has 1 heterocycles. The number of rotatable bonds is 14. The van der Waals surface area contributed by atoms with Gasteiger partial charge in [-0.2, -0.15) is 0 Å². The molecule has 2 aromatic carbocycles. The number of benzene rings is 2. The van der Waals surface area contributed by atoms with Gasteiger partial charge in [0.25, 0.3) is 0 Å². The highest BCUT2D eigenvalue weighted by Crippen LogP contribution is 2.30. The summed E-state index contributed by atoms with van der Waals surface area (Å²) >= 11 is 0. The van der Waals surface area contributed by atoms with Crippen LogP contribution in [-0.2, 0) is 15.5 Å². The van der Waals surface area contributed by atoms with Crippen molar-refractivity contribution in [2.75, 3.05) is 19.5 Å². The minimum absolute atomic E-state index is 0.279. The third-order valence-electron chi connectivity index (χ3n) is 6.01. The maximum absolute atomic E-state index is 13.4. The van der Waals surface area contributed by atoms with Crippen molar-refractivity contribution < 1.29 is 22.9 Å². The van der Waals surface area contributed by atoms with Gasteiger partial charge in [0.1, 0.15) is 5.58 Å². The first kappa shape index (κ1) is 26.9. The normalized spacial score (nSPS) is 12.2. The Hall–Kier alpha value is -2.67. The predicted octanol–water partition coefficient (Wildman–Crippen LogP) is 6.77. The first-order chi connectivity index (χ1) is 17.0. The third-order valence-corrected chi connectivity index (χ3v) is 6.91. The first-order valence-corrected chi connectivity index (χ1v) is 14.2. The molecule has 0 radical (unpaired) electrons. The zero-order valence-corrected chi connectivity index (χ0v) is 21.8. The molecule has 0 bridgehead atoms. The fourth-order valence-electron chi connectivity index (χ4n) is 3.97. The minimum Gasteiger partial charge on any atom is -0.490 e. The molecule has 35 heavy (non-hydrogen) atoms. The molecule has 0 aliphatic heterocycles. The highest BCUT2D eigenvalue weighted by atomic mass is 32.2. The van der Waals surface area contributed by atoms with E-state index in [1.807, 2.05) is 0 Å². The van der Waals surface area contributed by atoms with Gasteiger partial charge in [-0.25, -0.2) is 4.79 Å². The van der Waals surface area contributed by atoms with E-state index >= 15 is 0 Å². The SMILES string of the molecule is CCCCCCCCOc1cc(S(C)=O)cc2c(=O)c3cc(C(=O)OCCCCC)ccc3oc12. The van der Waals surface area contributed by atoms with Gasteiger partial charge in [0.05, 0.1) is 29.5 Å². The van der Waals surface area contributed by atoms with E-state index < -0.39 is 16.8 Å². The van der Waals surface area contributed by atoms with Crippen LogP contribution >= 0.6 is 0 Å². The molecule has 0 fully saturated rings. The van der Waals surface area contributed by atoms with Crippen molar-refractivity contribution in [3.63, 3.8) is 0 Å². The average Bonchev–Trinajstić information content (AvgIpc) is 2.86. The number of carbonyl (C=O) groups excluding carboxylic acids is 1. The van der Waals surface area contributed by atoms with E-state index in [0.717, 1.165) is 32.1 Å². The number of hydrogen-bond donors (Lipinski definition) is 0. The molecule has 1 atom stereocenters. The van der Waals surface area contributed by atoms with E-state index in [2.05, 4.69) is 13.8 Å². The van der Waals surface area contributed by atoms with Crippen molar-refractivity contribution in [1.82, 2.24) is 0 Å². The quantitative estimate of drug-likeness (QED) is 0.138. The summed E-state index contributed by atoms with van der Waals surface area (Å²) in [5.74, 6) is -0.0476. The second-order valence-electron chi connectivity index (χ2n) is 8.85. The van der Waals surface area contributed by atoms with Crippen molar-refractivity contribution in [3.05, 3.63) is 46.1 Å². The summed E-state index contributed by atoms with van der Waals surface area (Å²) in [5.41, 5.74) is 0.700. The molecule has 190 valence electrons. The molecule has 0 spiro atoms. The first-order valence-electron chi connectivity index (χ1n) is 12.6. The van der Waals surface area contributed by atoms with E-state index in [1.165, 1.54) is 31.7 Å². The molecule has 7 heteroatoms. The molecular weight excluding hydrogens is 464 g/mol. The molecule has 0 amide bonds. The van der Waals surface area contributed by atoms with Gasteiger partial charge >= 0.3 is 5.97 Å². The molecular formula is C28H36O6S. The zero-order chi connectivity index (χ0) is 25.2. The van der Waals surface area contributed by atoms with Crippen LogP contribution in [0.1, 0.15) is 82.0 Å². The number of hydrogen-bond acceptors (Lipinski definition) is 6. The molecule has 0 saturated heterocycles. The van der Waals surface area contributed by atoms with Crippen LogP contribution in [0.3, 0.4) is 0 Å². The standard InChI is InChI=1S/C28H36O6S/c1-4-6-8-9-10-12-15-32-25-19-21(35(3)31)18-23-26(29)22-17-20(13-14-24(22)34-27(23)25)28(30)33-16-11-7-5-2/h13-14,17-19H,4-12,15-16H2,1-3H3. The van der Waals surface area contributed by atoms with Crippen LogP contribution in [0.15, 0.2) is 44.4 Å². The lowest BCUT2D eigenvalue weighted by molar-refractivity contribution is 0.0498. The fraction of sp³-hybridized carbons (Fsp3) is 0.500. The van der Waals surface area contributed by atoms with Gasteiger partial charge in [0.2, 0.25) is 5.43 Å². The Labute approximate surface area is 209 Å². The Morgan fingerprint density at radius 3 is 2.31 bits per heavy atom. The van der Waals surface area contributed by atoms with E-state index in [4.69, 9.17) is 13.9 Å². The Bertz CT molecular complexity index is 1230. The largest absolute Gasteiger partial charge is 0.490 e. The van der Waals surface area contributed by atoms with Crippen molar-refractivity contribution in [2.24, 2.45) is 0 Å². The van der Waals surface area contributed by atoms with Crippen LogP contribution in [0.5, 0.6) is 5.75 Å². The van der Waals surface area contributed by atoms with Crippen LogP contribution in [0.25, 0.3) is 21.9 Å². The maximum atomic E-state index is 13.4. The van der Waals surface area contributed by atoms with Crippen LogP contribution < -0.4 is 10.2 Å². The zero-order valence-electron chi connectivity index (χ0n) is 21.0. The topological polar surface area (TPSA) is 82.8 Å². The molecule has 0 N–H and O–H groups in total. The lowest BCUT2D eigenvalue weighted by atomic mass is 10.1. The second-order valence-corrected chi connectivity index (χ2v) is 10.2. The summed E-state index contributed by atoms with van der Waals surface area (Å²) in [6.45, 7) is 5.12. The number of fused-ring (bicyclic) bond motifs is 2. The van der Waals surface area contributed by atoms with Gasteiger partial charge in [-0.3, -0.25) is 9.00 Å². The lowest BCUT2D eigenvalue weighted by Crippen LogP contribution is -2.09. The predicted molar refractivity (Wildman–Crippen MR) is 141 cm³/mol. The van der Waals surface area contributed by atoms with E-state index in [-0.39, 0.29) is 16.2 Å². The summed E-state index contributed by atoms with van der Waals surface area (Å²) in [4.78, 5) is 26.3. The van der Waals surface area contributed by atoms with Gasteiger partial charge < -0.3 is 13.9 Å². The van der Waals surface area contributed by atoms with Crippen molar-refractivity contribution in [3.8, 4) is 5.75 Å². The van der Waals surface area contributed by atoms with Gasteiger partial charge in [-0.05, 0) is 37.1 Å². The highest BCUT2D eigenvalue weighted by Gasteiger charge is 2.17. The van der Waals surface area contributed by atoms with Gasteiger partial charge in [0.15, 0.2) is 11.3 Å². The smallest absolute Gasteiger partial charge is 0.338 e. The number of carbonyl (C=O) groups is 1. The Balaban J connectivity index is 1.89. The highest BCUT2D eigenvalue weighted by molar-refractivity contribution is 7.84. The maximum Gasteiger partial charge on any atom is 0.338 e. The molecule has 6 nitrogen and oxygen atoms in total. The molecule has 3 rings (SSSR count). The molecule has 3 aromatic rings. The fourth-order valence-corrected chi connectivity index (χ4v) is 4.52. The van der Waals surface area contributed by atoms with Crippen LogP contribution in [0.4, 0.5) is 0 Å². The Kier molecular flexibility index (Phi) is 10.3. The molecule has 1 unspecified atom stereocenters. The Morgan fingerprint density at radius 1 is 0.886 bits per heavy atom. The van der Waals surface area contributed by atoms with Gasteiger partial charge in [0, 0.05) is 28.0 Å². The van der Waals surface area contributed by atoms with E-state index in [9.17, 15) is 13.8 Å². The lowest BCUT2D eigenvalue weighted by Gasteiger charge is -2.12. The van der Waals surface area contributed by atoms with Crippen LogP contribution in [0, 0.1) is 0 Å². The Morgan fingerprint density at radius 2 is 1.57 bits per heavy atom. The van der Waals surface area contributed by atoms with Crippen molar-refractivity contribution in [1.29, 1.82) is 0 Å². The summed E-state index contributed by atoms with van der Waals surface area (Å²) in [5, 5.41) is 0.568. The summed E-state index contributed by atoms with van der Waals surface area (Å²) in [7, 11) is -1.30. The summed E-state index contributed by atoms with van der Waals surface area (Å²) in [6.07, 6.45) is 11.2. The second kappa shape index (κ2) is 13.4. The van der Waals surface area contributed by atoms with Crippen LogP contribution in [0.2, 0.25) is 0 Å². The van der Waals surface area contributed by atoms with E-state index in [0.29, 0.717) is 40.6 Å². The van der Waals surface area contributed by atoms with Gasteiger partial charge in [-0.1, -0.05) is 58.8 Å². The number of esters is 1. The molecule has 0 saturated carbocycles. The molecule has 1 aromatic heterocycles. The van der Waals surface area contributed by atoms with Crippen molar-refractivity contribution in [2.45, 2.75) is 76.5 Å². The van der Waals surface area contributed by atoms with Gasteiger partial charge in [-0.15, -0.1) is 0 Å². The van der Waals surface area contributed by atoms with E-state index in [1.54, 1.807) is 30.5 Å². The summed E-state index contributed by atoms with van der Waals surface area (Å²) < 4.78 is 29.7. The third kappa shape index (κ3) is 7.17. The average molecular weight is 501 g/mol. The summed E-state index contributed by atoms with van der Waals surface area (Å²) in [6, 6.07) is 8.00. The minimum atomic E-state index is -1.30. The molecule has 0 aliphatic rings. The van der Waals surface area contributed by atoms with Crippen molar-refractivity contribution >= 4 is 38.7 Å².